The summed E-state index contributed by atoms with van der Waals surface area (Å²) in [5, 5.41) is 8.47. The molecule has 1 saturated carbocycles. The van der Waals surface area contributed by atoms with Crippen LogP contribution in [0.2, 0.25) is 0 Å². The van der Waals surface area contributed by atoms with E-state index in [9.17, 15) is 0 Å². The molecule has 1 heteroatoms. The molecule has 0 heterocycles. The Balaban J connectivity index is 1.92. The van der Waals surface area contributed by atoms with Crippen molar-refractivity contribution in [2.45, 2.75) is 51.4 Å². The maximum Gasteiger partial charge on any atom is 0.152 e. The van der Waals surface area contributed by atoms with Crippen LogP contribution in [0.5, 0.6) is 0 Å². The van der Waals surface area contributed by atoms with Crippen LogP contribution in [-0.2, 0) is 6.42 Å². The highest BCUT2D eigenvalue weighted by atomic mass is 14.3. The van der Waals surface area contributed by atoms with Crippen molar-refractivity contribution in [3.8, 4) is 17.9 Å². The molecular formula is C18H21N. The second kappa shape index (κ2) is 7.01. The Hall–Kier alpha value is -1.73. The number of hydrogen-bond donors (Lipinski definition) is 0. The Morgan fingerprint density at radius 2 is 1.79 bits per heavy atom. The average molecular weight is 251 g/mol. The summed E-state index contributed by atoms with van der Waals surface area (Å²) in [5.41, 5.74) is 2.92. The summed E-state index contributed by atoms with van der Waals surface area (Å²) in [6.07, 6.45) is 7.07. The lowest BCUT2D eigenvalue weighted by Crippen LogP contribution is -2.12. The third-order valence-electron chi connectivity index (χ3n) is 4.05. The summed E-state index contributed by atoms with van der Waals surface area (Å²) < 4.78 is 0. The van der Waals surface area contributed by atoms with Gasteiger partial charge in [-0.05, 0) is 49.1 Å². The lowest BCUT2D eigenvalue weighted by atomic mass is 9.79. The molecule has 1 fully saturated rings. The van der Waals surface area contributed by atoms with Gasteiger partial charge in [-0.15, -0.1) is 0 Å². The van der Waals surface area contributed by atoms with Crippen molar-refractivity contribution < 1.29 is 0 Å². The second-order valence-corrected chi connectivity index (χ2v) is 5.42. The summed E-state index contributed by atoms with van der Waals surface area (Å²) in [6.45, 7) is 2.22. The Kier molecular flexibility index (Phi) is 5.05. The fourth-order valence-electron chi connectivity index (χ4n) is 2.95. The standard InChI is InChI=1S/C18H21N/c1-2-4-15-6-10-17(11-7-15)18-12-8-16(9-13-18)5-3-14-19/h6-7,10-11,16,18H,2,4,8-9,12-13H2,1H3. The van der Waals surface area contributed by atoms with Gasteiger partial charge < -0.3 is 0 Å². The van der Waals surface area contributed by atoms with Gasteiger partial charge >= 0.3 is 0 Å². The largest absolute Gasteiger partial charge is 0.183 e. The number of benzene rings is 1. The summed E-state index contributed by atoms with van der Waals surface area (Å²) >= 11 is 0. The van der Waals surface area contributed by atoms with Crippen molar-refractivity contribution in [3.05, 3.63) is 35.4 Å². The molecule has 0 atom stereocenters. The number of rotatable bonds is 3. The zero-order valence-corrected chi connectivity index (χ0v) is 11.7. The van der Waals surface area contributed by atoms with Gasteiger partial charge in [-0.25, -0.2) is 0 Å². The van der Waals surface area contributed by atoms with E-state index in [1.807, 2.05) is 6.07 Å². The molecule has 1 aromatic rings. The van der Waals surface area contributed by atoms with Crippen LogP contribution in [0.3, 0.4) is 0 Å². The van der Waals surface area contributed by atoms with Gasteiger partial charge in [-0.2, -0.15) is 5.26 Å². The molecule has 0 aromatic heterocycles. The minimum atomic E-state index is 0.440. The number of nitrogens with zero attached hydrogens (tertiary/aromatic N) is 1. The van der Waals surface area contributed by atoms with E-state index in [2.05, 4.69) is 43.0 Å². The van der Waals surface area contributed by atoms with Crippen molar-refractivity contribution in [1.29, 1.82) is 5.26 Å². The summed E-state index contributed by atoms with van der Waals surface area (Å²) in [4.78, 5) is 0. The predicted octanol–water partition coefficient (Wildman–Crippen LogP) is 4.44. The highest BCUT2D eigenvalue weighted by Gasteiger charge is 2.20. The Labute approximate surface area is 116 Å². The van der Waals surface area contributed by atoms with Gasteiger partial charge in [-0.3, -0.25) is 0 Å². The average Bonchev–Trinajstić information content (AvgIpc) is 2.47. The van der Waals surface area contributed by atoms with Crippen LogP contribution in [0.15, 0.2) is 24.3 Å². The van der Waals surface area contributed by atoms with E-state index >= 15 is 0 Å². The molecule has 0 aliphatic heterocycles. The molecule has 0 unspecified atom stereocenters. The molecule has 19 heavy (non-hydrogen) atoms. The lowest BCUT2D eigenvalue weighted by Gasteiger charge is -2.26. The van der Waals surface area contributed by atoms with E-state index < -0.39 is 0 Å². The first-order chi connectivity index (χ1) is 9.33. The van der Waals surface area contributed by atoms with Crippen molar-refractivity contribution in [1.82, 2.24) is 0 Å². The van der Waals surface area contributed by atoms with Crippen molar-refractivity contribution >= 4 is 0 Å². The van der Waals surface area contributed by atoms with E-state index in [0.29, 0.717) is 11.8 Å². The van der Waals surface area contributed by atoms with E-state index in [4.69, 9.17) is 5.26 Å². The smallest absolute Gasteiger partial charge is 0.152 e. The molecule has 1 aromatic carbocycles. The molecule has 0 bridgehead atoms. The zero-order chi connectivity index (χ0) is 13.5. The van der Waals surface area contributed by atoms with Crippen molar-refractivity contribution in [2.24, 2.45) is 5.92 Å². The van der Waals surface area contributed by atoms with Gasteiger partial charge in [0.05, 0.1) is 0 Å². The molecular weight excluding hydrogens is 230 g/mol. The third kappa shape index (κ3) is 3.87. The van der Waals surface area contributed by atoms with Crippen LogP contribution >= 0.6 is 0 Å². The summed E-state index contributed by atoms with van der Waals surface area (Å²) in [7, 11) is 0. The summed E-state index contributed by atoms with van der Waals surface area (Å²) in [6, 6.07) is 11.1. The molecule has 1 aliphatic carbocycles. The highest BCUT2D eigenvalue weighted by molar-refractivity contribution is 5.26. The van der Waals surface area contributed by atoms with Crippen LogP contribution in [0, 0.1) is 29.1 Å². The predicted molar refractivity (Wildman–Crippen MR) is 78.5 cm³/mol. The fraction of sp³-hybridized carbons (Fsp3) is 0.500. The van der Waals surface area contributed by atoms with Gasteiger partial charge in [0, 0.05) is 11.8 Å². The Morgan fingerprint density at radius 1 is 1.11 bits per heavy atom. The van der Waals surface area contributed by atoms with Crippen molar-refractivity contribution in [3.63, 3.8) is 0 Å². The summed E-state index contributed by atoms with van der Waals surface area (Å²) in [5.74, 6) is 6.74. The number of aryl methyl sites for hydroxylation is 1. The van der Waals surface area contributed by atoms with Gasteiger partial charge in [0.1, 0.15) is 0 Å². The first-order valence-corrected chi connectivity index (χ1v) is 7.32. The lowest BCUT2D eigenvalue weighted by molar-refractivity contribution is 0.384. The van der Waals surface area contributed by atoms with E-state index in [0.717, 1.165) is 12.8 Å². The van der Waals surface area contributed by atoms with E-state index in [1.54, 1.807) is 0 Å². The molecule has 1 nitrogen and oxygen atoms in total. The van der Waals surface area contributed by atoms with Gasteiger partial charge in [0.2, 0.25) is 0 Å². The second-order valence-electron chi connectivity index (χ2n) is 5.42. The molecule has 0 spiro atoms. The van der Waals surface area contributed by atoms with Crippen LogP contribution in [-0.4, -0.2) is 0 Å². The van der Waals surface area contributed by atoms with E-state index in [-0.39, 0.29) is 0 Å². The molecule has 2 rings (SSSR count). The quantitative estimate of drug-likeness (QED) is 0.729. The molecule has 0 amide bonds. The fourth-order valence-corrected chi connectivity index (χ4v) is 2.95. The third-order valence-corrected chi connectivity index (χ3v) is 4.05. The monoisotopic (exact) mass is 251 g/mol. The zero-order valence-electron chi connectivity index (χ0n) is 11.7. The maximum atomic E-state index is 8.47. The molecule has 98 valence electrons. The Morgan fingerprint density at radius 3 is 2.37 bits per heavy atom. The first-order valence-electron chi connectivity index (χ1n) is 7.32. The topological polar surface area (TPSA) is 23.8 Å². The van der Waals surface area contributed by atoms with Crippen LogP contribution in [0.1, 0.15) is 56.1 Å². The SMILES string of the molecule is CCCc1ccc(C2CCC(C#CC#N)CC2)cc1. The minimum absolute atomic E-state index is 0.440. The minimum Gasteiger partial charge on any atom is -0.183 e. The molecule has 1 aliphatic rings. The van der Waals surface area contributed by atoms with Gasteiger partial charge in [-0.1, -0.05) is 43.5 Å². The maximum absolute atomic E-state index is 8.47. The number of nitriles is 1. The van der Waals surface area contributed by atoms with Crippen LogP contribution in [0.25, 0.3) is 0 Å². The number of hydrogen-bond acceptors (Lipinski definition) is 1. The molecule has 0 saturated heterocycles. The van der Waals surface area contributed by atoms with Gasteiger partial charge in [0.15, 0.2) is 6.07 Å². The Bertz CT molecular complexity index is 487. The van der Waals surface area contributed by atoms with Crippen LogP contribution < -0.4 is 0 Å². The highest BCUT2D eigenvalue weighted by Crippen LogP contribution is 2.35. The van der Waals surface area contributed by atoms with Crippen molar-refractivity contribution in [2.75, 3.05) is 0 Å². The molecule has 0 N–H and O–H groups in total. The first kappa shape index (κ1) is 13.7. The normalized spacial score (nSPS) is 22.1. The van der Waals surface area contributed by atoms with Crippen LogP contribution in [0.4, 0.5) is 0 Å². The van der Waals surface area contributed by atoms with E-state index in [1.165, 1.54) is 36.8 Å². The van der Waals surface area contributed by atoms with Gasteiger partial charge in [0.25, 0.3) is 0 Å². The molecule has 0 radical (unpaired) electrons.